The summed E-state index contributed by atoms with van der Waals surface area (Å²) in [5, 5.41) is 3.02. The number of rotatable bonds is 6. The Labute approximate surface area is 157 Å². The first-order valence-corrected chi connectivity index (χ1v) is 9.81. The molecule has 134 valence electrons. The Morgan fingerprint density at radius 2 is 1.88 bits per heavy atom. The second-order valence-corrected chi connectivity index (χ2v) is 7.99. The van der Waals surface area contributed by atoms with Crippen molar-refractivity contribution < 1.29 is 13.2 Å². The fourth-order valence-corrected chi connectivity index (χ4v) is 4.05. The number of amides is 1. The van der Waals surface area contributed by atoms with Crippen LogP contribution in [0.3, 0.4) is 0 Å². The molecule has 0 atom stereocenters. The molecule has 2 aromatic rings. The summed E-state index contributed by atoms with van der Waals surface area (Å²) >= 11 is 11.7. The highest BCUT2D eigenvalue weighted by Gasteiger charge is 2.20. The molecule has 0 unspecified atom stereocenters. The Morgan fingerprint density at radius 3 is 2.56 bits per heavy atom. The van der Waals surface area contributed by atoms with E-state index >= 15 is 0 Å². The van der Waals surface area contributed by atoms with Crippen molar-refractivity contribution in [2.45, 2.75) is 25.2 Å². The zero-order chi connectivity index (χ0) is 18.6. The second-order valence-electron chi connectivity index (χ2n) is 5.41. The highest BCUT2D eigenvalue weighted by molar-refractivity contribution is 7.89. The number of para-hydroxylation sites is 1. The van der Waals surface area contributed by atoms with Gasteiger partial charge in [0.15, 0.2) is 0 Å². The van der Waals surface area contributed by atoms with E-state index in [1.54, 1.807) is 0 Å². The zero-order valence-electron chi connectivity index (χ0n) is 13.8. The van der Waals surface area contributed by atoms with E-state index in [4.69, 9.17) is 23.2 Å². The molecule has 2 N–H and O–H groups in total. The lowest BCUT2D eigenvalue weighted by atomic mass is 10.1. The number of hydrogen-bond donors (Lipinski definition) is 2. The van der Waals surface area contributed by atoms with Gasteiger partial charge in [0.05, 0.1) is 11.6 Å². The lowest BCUT2D eigenvalue weighted by molar-refractivity contribution is -0.115. The number of carbonyl (C=O) groups is 1. The van der Waals surface area contributed by atoms with Crippen LogP contribution in [-0.2, 0) is 21.2 Å². The number of nitrogens with one attached hydrogen (secondary N) is 2. The summed E-state index contributed by atoms with van der Waals surface area (Å²) in [6.45, 7) is 3.45. The predicted octanol–water partition coefficient (Wildman–Crippen LogP) is 3.78. The Bertz CT molecular complexity index is 899. The molecule has 0 heterocycles. The van der Waals surface area contributed by atoms with Gasteiger partial charge in [-0.15, -0.1) is 0 Å². The largest absolute Gasteiger partial charge is 0.324 e. The van der Waals surface area contributed by atoms with Crippen LogP contribution in [0.5, 0.6) is 0 Å². The SMILES string of the molecule is CCc1cccc(C)c1NC(=O)CNS(=O)(=O)c1cc(Cl)ccc1Cl. The molecule has 0 spiro atoms. The number of carbonyl (C=O) groups excluding carboxylic acids is 1. The van der Waals surface area contributed by atoms with Crippen LogP contribution >= 0.6 is 23.2 Å². The van der Waals surface area contributed by atoms with Crippen molar-refractivity contribution in [2.75, 3.05) is 11.9 Å². The first-order chi connectivity index (χ1) is 11.7. The average molecular weight is 401 g/mol. The normalized spacial score (nSPS) is 11.4. The zero-order valence-corrected chi connectivity index (χ0v) is 16.1. The van der Waals surface area contributed by atoms with Crippen molar-refractivity contribution in [3.05, 3.63) is 57.6 Å². The van der Waals surface area contributed by atoms with Crippen LogP contribution in [0.1, 0.15) is 18.1 Å². The fourth-order valence-electron chi connectivity index (χ4n) is 2.31. The molecule has 8 heteroatoms. The van der Waals surface area contributed by atoms with Gasteiger partial charge in [-0.05, 0) is 42.7 Å². The van der Waals surface area contributed by atoms with Gasteiger partial charge in [0, 0.05) is 10.7 Å². The average Bonchev–Trinajstić information content (AvgIpc) is 2.57. The van der Waals surface area contributed by atoms with Gasteiger partial charge in [-0.2, -0.15) is 0 Å². The molecule has 2 aromatic carbocycles. The molecule has 25 heavy (non-hydrogen) atoms. The quantitative estimate of drug-likeness (QED) is 0.774. The van der Waals surface area contributed by atoms with Crippen molar-refractivity contribution in [1.82, 2.24) is 4.72 Å². The number of aryl methyl sites for hydroxylation is 2. The van der Waals surface area contributed by atoms with Crippen molar-refractivity contribution in [1.29, 1.82) is 0 Å². The third-order valence-electron chi connectivity index (χ3n) is 3.61. The fraction of sp³-hybridized carbons (Fsp3) is 0.235. The van der Waals surface area contributed by atoms with E-state index in [9.17, 15) is 13.2 Å². The van der Waals surface area contributed by atoms with Gasteiger partial charge in [-0.1, -0.05) is 48.3 Å². The number of hydrogen-bond acceptors (Lipinski definition) is 3. The molecule has 0 aliphatic heterocycles. The Kier molecular flexibility index (Phi) is 6.46. The van der Waals surface area contributed by atoms with Crippen molar-refractivity contribution in [3.8, 4) is 0 Å². The molecule has 0 saturated carbocycles. The van der Waals surface area contributed by atoms with Gasteiger partial charge in [0.25, 0.3) is 0 Å². The van der Waals surface area contributed by atoms with Crippen molar-refractivity contribution in [2.24, 2.45) is 0 Å². The Balaban J connectivity index is 2.11. The van der Waals surface area contributed by atoms with E-state index in [1.807, 2.05) is 32.0 Å². The molecular formula is C17H18Cl2N2O3S. The molecule has 0 radical (unpaired) electrons. The third-order valence-corrected chi connectivity index (χ3v) is 5.73. The summed E-state index contributed by atoms with van der Waals surface area (Å²) < 4.78 is 26.9. The summed E-state index contributed by atoms with van der Waals surface area (Å²) in [4.78, 5) is 12.0. The van der Waals surface area contributed by atoms with Crippen LogP contribution in [0.2, 0.25) is 10.0 Å². The van der Waals surface area contributed by atoms with E-state index in [1.165, 1.54) is 18.2 Å². The van der Waals surface area contributed by atoms with Gasteiger partial charge >= 0.3 is 0 Å². The summed E-state index contributed by atoms with van der Waals surface area (Å²) in [7, 11) is -3.95. The summed E-state index contributed by atoms with van der Waals surface area (Å²) in [5.74, 6) is -0.467. The number of anilines is 1. The Morgan fingerprint density at radius 1 is 1.16 bits per heavy atom. The van der Waals surface area contributed by atoms with Crippen LogP contribution in [0.25, 0.3) is 0 Å². The lowest BCUT2D eigenvalue weighted by Crippen LogP contribution is -2.33. The van der Waals surface area contributed by atoms with Crippen LogP contribution in [0.15, 0.2) is 41.3 Å². The summed E-state index contributed by atoms with van der Waals surface area (Å²) in [5.41, 5.74) is 2.59. The van der Waals surface area contributed by atoms with Gasteiger partial charge in [-0.3, -0.25) is 4.79 Å². The van der Waals surface area contributed by atoms with E-state index in [0.717, 1.165) is 17.5 Å². The molecule has 1 amide bonds. The minimum Gasteiger partial charge on any atom is -0.324 e. The highest BCUT2D eigenvalue weighted by atomic mass is 35.5. The maximum Gasteiger partial charge on any atom is 0.242 e. The van der Waals surface area contributed by atoms with Crippen LogP contribution < -0.4 is 10.0 Å². The number of halogens is 2. The molecule has 0 aromatic heterocycles. The molecular weight excluding hydrogens is 383 g/mol. The van der Waals surface area contributed by atoms with E-state index in [2.05, 4.69) is 10.0 Å². The summed E-state index contributed by atoms with van der Waals surface area (Å²) in [6, 6.07) is 9.82. The maximum absolute atomic E-state index is 12.3. The maximum atomic E-state index is 12.3. The predicted molar refractivity (Wildman–Crippen MR) is 101 cm³/mol. The summed E-state index contributed by atoms with van der Waals surface area (Å²) in [6.07, 6.45) is 0.751. The van der Waals surface area contributed by atoms with E-state index < -0.39 is 22.5 Å². The standard InChI is InChI=1S/C17H18Cl2N2O3S/c1-3-12-6-4-5-11(2)17(12)21-16(22)10-20-25(23,24)15-9-13(18)7-8-14(15)19/h4-9,20H,3,10H2,1-2H3,(H,21,22). The second kappa shape index (κ2) is 8.19. The van der Waals surface area contributed by atoms with Gasteiger partial charge in [-0.25, -0.2) is 13.1 Å². The van der Waals surface area contributed by atoms with Gasteiger partial charge in [0.1, 0.15) is 4.90 Å². The highest BCUT2D eigenvalue weighted by Crippen LogP contribution is 2.25. The van der Waals surface area contributed by atoms with E-state index in [-0.39, 0.29) is 14.9 Å². The van der Waals surface area contributed by atoms with Crippen LogP contribution in [0.4, 0.5) is 5.69 Å². The first kappa shape index (κ1) is 19.7. The van der Waals surface area contributed by atoms with Crippen LogP contribution in [0, 0.1) is 6.92 Å². The van der Waals surface area contributed by atoms with Crippen molar-refractivity contribution >= 4 is 44.8 Å². The van der Waals surface area contributed by atoms with Crippen LogP contribution in [-0.4, -0.2) is 20.9 Å². The van der Waals surface area contributed by atoms with E-state index in [0.29, 0.717) is 5.69 Å². The molecule has 0 saturated heterocycles. The molecule has 0 fully saturated rings. The van der Waals surface area contributed by atoms with Gasteiger partial charge < -0.3 is 5.32 Å². The smallest absolute Gasteiger partial charge is 0.242 e. The molecule has 0 bridgehead atoms. The number of sulfonamides is 1. The van der Waals surface area contributed by atoms with Crippen molar-refractivity contribution in [3.63, 3.8) is 0 Å². The molecule has 0 aliphatic carbocycles. The third kappa shape index (κ3) is 4.95. The topological polar surface area (TPSA) is 75.3 Å². The monoisotopic (exact) mass is 400 g/mol. The first-order valence-electron chi connectivity index (χ1n) is 7.57. The minimum absolute atomic E-state index is 0.0319. The number of benzene rings is 2. The van der Waals surface area contributed by atoms with Gasteiger partial charge in [0.2, 0.25) is 15.9 Å². The molecule has 5 nitrogen and oxygen atoms in total. The minimum atomic E-state index is -3.95. The lowest BCUT2D eigenvalue weighted by Gasteiger charge is -2.13. The molecule has 0 aliphatic rings. The molecule has 2 rings (SSSR count). The Hall–Kier alpha value is -1.60.